The van der Waals surface area contributed by atoms with Crippen molar-refractivity contribution < 1.29 is 0 Å². The van der Waals surface area contributed by atoms with E-state index in [1.54, 1.807) is 0 Å². The van der Waals surface area contributed by atoms with Crippen molar-refractivity contribution in [2.24, 2.45) is 5.73 Å². The molecule has 2 rings (SSSR count). The zero-order valence-electron chi connectivity index (χ0n) is 11.7. The predicted octanol–water partition coefficient (Wildman–Crippen LogP) is 5.36. The molecular formula is C17H19Cl2N. The summed E-state index contributed by atoms with van der Waals surface area (Å²) in [5.74, 6) is 0.526. The Morgan fingerprint density at radius 3 is 1.90 bits per heavy atom. The molecule has 0 bridgehead atoms. The Hall–Kier alpha value is -1.02. The largest absolute Gasteiger partial charge is 0.324 e. The Morgan fingerprint density at radius 2 is 1.40 bits per heavy atom. The minimum atomic E-state index is -0.103. The summed E-state index contributed by atoms with van der Waals surface area (Å²) >= 11 is 12.4. The van der Waals surface area contributed by atoms with Gasteiger partial charge in [-0.05, 0) is 41.2 Å². The van der Waals surface area contributed by atoms with Gasteiger partial charge in [-0.15, -0.1) is 0 Å². The van der Waals surface area contributed by atoms with Crippen LogP contribution in [-0.2, 0) is 6.42 Å². The van der Waals surface area contributed by atoms with Crippen LogP contribution in [0.4, 0.5) is 0 Å². The molecule has 1 atom stereocenters. The number of hydrogen-bond donors (Lipinski definition) is 1. The summed E-state index contributed by atoms with van der Waals surface area (Å²) in [6, 6.07) is 13.9. The van der Waals surface area contributed by atoms with Gasteiger partial charge in [0.1, 0.15) is 0 Å². The molecule has 0 aromatic heterocycles. The second kappa shape index (κ2) is 6.62. The molecule has 0 heterocycles. The molecule has 0 aliphatic carbocycles. The van der Waals surface area contributed by atoms with Gasteiger partial charge in [-0.2, -0.15) is 0 Å². The van der Waals surface area contributed by atoms with Gasteiger partial charge in [0, 0.05) is 16.1 Å². The lowest BCUT2D eigenvalue weighted by Gasteiger charge is -2.15. The van der Waals surface area contributed by atoms with Crippen LogP contribution >= 0.6 is 23.2 Å². The highest BCUT2D eigenvalue weighted by Gasteiger charge is 2.12. The van der Waals surface area contributed by atoms with Gasteiger partial charge in [0.25, 0.3) is 0 Å². The Balaban J connectivity index is 2.17. The van der Waals surface area contributed by atoms with Gasteiger partial charge >= 0.3 is 0 Å². The van der Waals surface area contributed by atoms with Crippen LogP contribution < -0.4 is 5.73 Å². The summed E-state index contributed by atoms with van der Waals surface area (Å²) in [4.78, 5) is 0. The van der Waals surface area contributed by atoms with Crippen molar-refractivity contribution in [3.8, 4) is 0 Å². The van der Waals surface area contributed by atoms with Crippen LogP contribution in [0.1, 0.15) is 42.5 Å². The van der Waals surface area contributed by atoms with E-state index >= 15 is 0 Å². The van der Waals surface area contributed by atoms with Crippen LogP contribution in [0.25, 0.3) is 0 Å². The fourth-order valence-corrected chi connectivity index (χ4v) is 2.74. The standard InChI is InChI=1S/C17H19Cl2N/c1-11(2)12-6-8-13(9-7-12)17(20)10-14-15(18)4-3-5-16(14)19/h3-9,11,17H,10,20H2,1-2H3. The van der Waals surface area contributed by atoms with Gasteiger partial charge in [0.2, 0.25) is 0 Å². The van der Waals surface area contributed by atoms with Crippen LogP contribution in [-0.4, -0.2) is 0 Å². The summed E-state index contributed by atoms with van der Waals surface area (Å²) in [6.07, 6.45) is 0.638. The quantitative estimate of drug-likeness (QED) is 0.808. The molecule has 2 N–H and O–H groups in total. The average molecular weight is 308 g/mol. The molecule has 0 radical (unpaired) electrons. The number of rotatable bonds is 4. The molecule has 0 saturated heterocycles. The fourth-order valence-electron chi connectivity index (χ4n) is 2.19. The molecule has 0 fully saturated rings. The van der Waals surface area contributed by atoms with Gasteiger partial charge in [0.15, 0.2) is 0 Å². The van der Waals surface area contributed by atoms with Crippen LogP contribution in [0.15, 0.2) is 42.5 Å². The highest BCUT2D eigenvalue weighted by molar-refractivity contribution is 6.36. The van der Waals surface area contributed by atoms with Crippen molar-refractivity contribution >= 4 is 23.2 Å². The first-order chi connectivity index (χ1) is 9.49. The van der Waals surface area contributed by atoms with Gasteiger partial charge < -0.3 is 5.73 Å². The maximum atomic E-state index is 6.27. The second-order valence-electron chi connectivity index (χ2n) is 5.33. The summed E-state index contributed by atoms with van der Waals surface area (Å²) in [5.41, 5.74) is 9.61. The number of halogens is 2. The number of hydrogen-bond acceptors (Lipinski definition) is 1. The first-order valence-corrected chi connectivity index (χ1v) is 7.53. The third-order valence-electron chi connectivity index (χ3n) is 3.52. The molecule has 1 unspecified atom stereocenters. The second-order valence-corrected chi connectivity index (χ2v) is 6.15. The van der Waals surface area contributed by atoms with Crippen molar-refractivity contribution in [1.82, 2.24) is 0 Å². The minimum absolute atomic E-state index is 0.103. The van der Waals surface area contributed by atoms with E-state index in [4.69, 9.17) is 28.9 Å². The fraction of sp³-hybridized carbons (Fsp3) is 0.294. The van der Waals surface area contributed by atoms with Crippen molar-refractivity contribution in [2.45, 2.75) is 32.2 Å². The smallest absolute Gasteiger partial charge is 0.0453 e. The maximum absolute atomic E-state index is 6.27. The van der Waals surface area contributed by atoms with Crippen molar-refractivity contribution in [3.63, 3.8) is 0 Å². The monoisotopic (exact) mass is 307 g/mol. The van der Waals surface area contributed by atoms with E-state index in [-0.39, 0.29) is 6.04 Å². The summed E-state index contributed by atoms with van der Waals surface area (Å²) in [5, 5.41) is 1.35. The lowest BCUT2D eigenvalue weighted by Crippen LogP contribution is -2.14. The van der Waals surface area contributed by atoms with Gasteiger partial charge in [-0.3, -0.25) is 0 Å². The van der Waals surface area contributed by atoms with Crippen LogP contribution in [0, 0.1) is 0 Å². The molecule has 2 aromatic rings. The first-order valence-electron chi connectivity index (χ1n) is 6.77. The molecule has 2 aromatic carbocycles. The number of nitrogens with two attached hydrogens (primary N) is 1. The topological polar surface area (TPSA) is 26.0 Å². The van der Waals surface area contributed by atoms with E-state index in [1.807, 2.05) is 18.2 Å². The lowest BCUT2D eigenvalue weighted by atomic mass is 9.96. The summed E-state index contributed by atoms with van der Waals surface area (Å²) in [7, 11) is 0. The van der Waals surface area contributed by atoms with Gasteiger partial charge in [0.05, 0.1) is 0 Å². The highest BCUT2D eigenvalue weighted by atomic mass is 35.5. The number of benzene rings is 2. The van der Waals surface area contributed by atoms with Crippen molar-refractivity contribution in [2.75, 3.05) is 0 Å². The molecule has 0 amide bonds. The zero-order chi connectivity index (χ0) is 14.7. The third kappa shape index (κ3) is 3.54. The van der Waals surface area contributed by atoms with E-state index < -0.39 is 0 Å². The summed E-state index contributed by atoms with van der Waals surface area (Å²) in [6.45, 7) is 4.36. The Bertz CT molecular complexity index is 556. The lowest BCUT2D eigenvalue weighted by molar-refractivity contribution is 0.720. The van der Waals surface area contributed by atoms with E-state index in [0.717, 1.165) is 11.1 Å². The molecule has 20 heavy (non-hydrogen) atoms. The Kier molecular flexibility index (Phi) is 5.09. The van der Waals surface area contributed by atoms with Crippen LogP contribution in [0.3, 0.4) is 0 Å². The molecule has 0 spiro atoms. The molecule has 106 valence electrons. The maximum Gasteiger partial charge on any atom is 0.0453 e. The molecule has 3 heteroatoms. The zero-order valence-corrected chi connectivity index (χ0v) is 13.2. The Morgan fingerprint density at radius 1 is 0.900 bits per heavy atom. The third-order valence-corrected chi connectivity index (χ3v) is 4.23. The SMILES string of the molecule is CC(C)c1ccc(C(N)Cc2c(Cl)cccc2Cl)cc1. The van der Waals surface area contributed by atoms with Crippen molar-refractivity contribution in [3.05, 3.63) is 69.2 Å². The van der Waals surface area contributed by atoms with Crippen LogP contribution in [0.2, 0.25) is 10.0 Å². The average Bonchev–Trinajstić information content (AvgIpc) is 2.43. The highest BCUT2D eigenvalue weighted by Crippen LogP contribution is 2.28. The van der Waals surface area contributed by atoms with Gasteiger partial charge in [-0.25, -0.2) is 0 Å². The Labute approximate surface area is 130 Å². The minimum Gasteiger partial charge on any atom is -0.324 e. The van der Waals surface area contributed by atoms with Gasteiger partial charge in [-0.1, -0.05) is 67.4 Å². The summed E-state index contributed by atoms with van der Waals surface area (Å²) < 4.78 is 0. The van der Waals surface area contributed by atoms with Crippen molar-refractivity contribution in [1.29, 1.82) is 0 Å². The molecule has 0 aliphatic rings. The normalized spacial score (nSPS) is 12.7. The molecular weight excluding hydrogens is 289 g/mol. The van der Waals surface area contributed by atoms with E-state index in [0.29, 0.717) is 22.4 Å². The van der Waals surface area contributed by atoms with E-state index in [9.17, 15) is 0 Å². The predicted molar refractivity (Wildman–Crippen MR) is 87.6 cm³/mol. The molecule has 1 nitrogen and oxygen atoms in total. The van der Waals surface area contributed by atoms with E-state index in [1.165, 1.54) is 5.56 Å². The van der Waals surface area contributed by atoms with Crippen LogP contribution in [0.5, 0.6) is 0 Å². The first kappa shape index (κ1) is 15.4. The van der Waals surface area contributed by atoms with E-state index in [2.05, 4.69) is 38.1 Å². The molecule has 0 saturated carbocycles. The molecule has 0 aliphatic heterocycles.